The SMILES string of the molecule is Cn1cc(NC(=O)N2CCCC(OCc3cccnc3)C2)nn1. The Bertz CT molecular complexity index is 644. The van der Waals surface area contributed by atoms with Gasteiger partial charge in [-0.1, -0.05) is 11.3 Å². The number of nitrogens with zero attached hydrogens (tertiary/aromatic N) is 5. The summed E-state index contributed by atoms with van der Waals surface area (Å²) in [7, 11) is 1.76. The van der Waals surface area contributed by atoms with Crippen LogP contribution in [0.3, 0.4) is 0 Å². The van der Waals surface area contributed by atoms with Crippen LogP contribution in [0.1, 0.15) is 18.4 Å². The maximum Gasteiger partial charge on any atom is 0.323 e. The van der Waals surface area contributed by atoms with Crippen molar-refractivity contribution in [2.45, 2.75) is 25.6 Å². The zero-order chi connectivity index (χ0) is 16.1. The van der Waals surface area contributed by atoms with E-state index in [0.29, 0.717) is 19.0 Å². The molecule has 122 valence electrons. The van der Waals surface area contributed by atoms with Crippen LogP contribution in [0.4, 0.5) is 10.6 Å². The van der Waals surface area contributed by atoms with Crippen LogP contribution in [0, 0.1) is 0 Å². The minimum Gasteiger partial charge on any atom is -0.372 e. The van der Waals surface area contributed by atoms with Crippen molar-refractivity contribution >= 4 is 11.8 Å². The third-order valence-electron chi connectivity index (χ3n) is 3.71. The minimum atomic E-state index is -0.167. The van der Waals surface area contributed by atoms with Crippen LogP contribution in [-0.2, 0) is 18.4 Å². The smallest absolute Gasteiger partial charge is 0.323 e. The lowest BCUT2D eigenvalue weighted by Crippen LogP contribution is -2.45. The largest absolute Gasteiger partial charge is 0.372 e. The molecule has 1 saturated heterocycles. The lowest BCUT2D eigenvalue weighted by Gasteiger charge is -2.32. The van der Waals surface area contributed by atoms with Gasteiger partial charge in [0.25, 0.3) is 0 Å². The average molecular weight is 316 g/mol. The second-order valence-corrected chi connectivity index (χ2v) is 5.59. The van der Waals surface area contributed by atoms with Crippen LogP contribution in [-0.4, -0.2) is 50.1 Å². The van der Waals surface area contributed by atoms with E-state index in [1.54, 1.807) is 35.2 Å². The molecule has 3 heterocycles. The normalized spacial score (nSPS) is 18.0. The van der Waals surface area contributed by atoms with E-state index in [-0.39, 0.29) is 12.1 Å². The van der Waals surface area contributed by atoms with Crippen LogP contribution in [0.15, 0.2) is 30.7 Å². The molecule has 2 aromatic heterocycles. The van der Waals surface area contributed by atoms with Gasteiger partial charge in [0.05, 0.1) is 18.9 Å². The van der Waals surface area contributed by atoms with Crippen LogP contribution in [0.2, 0.25) is 0 Å². The van der Waals surface area contributed by atoms with Crippen molar-refractivity contribution in [3.63, 3.8) is 0 Å². The molecule has 0 radical (unpaired) electrons. The number of aromatic nitrogens is 4. The first-order valence-electron chi connectivity index (χ1n) is 7.63. The molecule has 2 amide bonds. The third kappa shape index (κ3) is 4.26. The van der Waals surface area contributed by atoms with E-state index in [2.05, 4.69) is 20.6 Å². The van der Waals surface area contributed by atoms with Crippen molar-refractivity contribution in [1.82, 2.24) is 24.9 Å². The van der Waals surface area contributed by atoms with Gasteiger partial charge in [-0.3, -0.25) is 15.0 Å². The van der Waals surface area contributed by atoms with E-state index in [1.807, 2.05) is 12.1 Å². The zero-order valence-corrected chi connectivity index (χ0v) is 13.1. The molecule has 1 aliphatic heterocycles. The summed E-state index contributed by atoms with van der Waals surface area (Å²) in [5.41, 5.74) is 1.04. The number of urea groups is 1. The summed E-state index contributed by atoms with van der Waals surface area (Å²) < 4.78 is 7.46. The molecule has 1 N–H and O–H groups in total. The summed E-state index contributed by atoms with van der Waals surface area (Å²) in [5, 5.41) is 10.4. The van der Waals surface area contributed by atoms with Crippen molar-refractivity contribution < 1.29 is 9.53 Å². The first-order chi connectivity index (χ1) is 11.2. The van der Waals surface area contributed by atoms with Gasteiger partial charge < -0.3 is 9.64 Å². The van der Waals surface area contributed by atoms with Crippen LogP contribution in [0.5, 0.6) is 0 Å². The number of carbonyl (C=O) groups excluding carboxylic acids is 1. The quantitative estimate of drug-likeness (QED) is 0.922. The lowest BCUT2D eigenvalue weighted by atomic mass is 10.1. The van der Waals surface area contributed by atoms with Gasteiger partial charge in [-0.2, -0.15) is 0 Å². The van der Waals surface area contributed by atoms with Gasteiger partial charge in [0.1, 0.15) is 0 Å². The zero-order valence-electron chi connectivity index (χ0n) is 13.1. The molecule has 8 heteroatoms. The van der Waals surface area contributed by atoms with Gasteiger partial charge in [-0.25, -0.2) is 4.79 Å². The fraction of sp³-hybridized carbons (Fsp3) is 0.467. The summed E-state index contributed by atoms with van der Waals surface area (Å²) in [6.45, 7) is 1.81. The van der Waals surface area contributed by atoms with Crippen molar-refractivity contribution in [2.75, 3.05) is 18.4 Å². The molecule has 3 rings (SSSR count). The predicted octanol–water partition coefficient (Wildman–Crippen LogP) is 1.42. The van der Waals surface area contributed by atoms with E-state index >= 15 is 0 Å². The Morgan fingerprint density at radius 3 is 3.17 bits per heavy atom. The molecule has 1 aliphatic rings. The first-order valence-corrected chi connectivity index (χ1v) is 7.63. The van der Waals surface area contributed by atoms with E-state index in [1.165, 1.54) is 0 Å². The summed E-state index contributed by atoms with van der Waals surface area (Å²) >= 11 is 0. The Balaban J connectivity index is 1.50. The summed E-state index contributed by atoms with van der Waals surface area (Å²) in [4.78, 5) is 18.1. The summed E-state index contributed by atoms with van der Waals surface area (Å²) in [6, 6.07) is 3.70. The van der Waals surface area contributed by atoms with Crippen molar-refractivity contribution in [3.05, 3.63) is 36.3 Å². The molecule has 0 spiro atoms. The van der Waals surface area contributed by atoms with E-state index in [9.17, 15) is 4.79 Å². The van der Waals surface area contributed by atoms with Crippen LogP contribution < -0.4 is 5.32 Å². The first kappa shape index (κ1) is 15.4. The number of piperidine rings is 1. The molecule has 2 aromatic rings. The fourth-order valence-corrected chi connectivity index (χ4v) is 2.55. The molecule has 0 aliphatic carbocycles. The number of likely N-dealkylation sites (tertiary alicyclic amines) is 1. The highest BCUT2D eigenvalue weighted by Gasteiger charge is 2.24. The molecule has 1 unspecified atom stereocenters. The Morgan fingerprint density at radius 1 is 1.52 bits per heavy atom. The number of pyridine rings is 1. The van der Waals surface area contributed by atoms with E-state index in [4.69, 9.17) is 4.74 Å². The predicted molar refractivity (Wildman–Crippen MR) is 83.6 cm³/mol. The number of carbonyl (C=O) groups is 1. The molecule has 23 heavy (non-hydrogen) atoms. The maximum atomic E-state index is 12.3. The molecule has 0 saturated carbocycles. The average Bonchev–Trinajstić information content (AvgIpc) is 2.99. The minimum absolute atomic E-state index is 0.0385. The van der Waals surface area contributed by atoms with Gasteiger partial charge in [0.2, 0.25) is 0 Å². The summed E-state index contributed by atoms with van der Waals surface area (Å²) in [5.74, 6) is 0.455. The monoisotopic (exact) mass is 316 g/mol. The number of nitrogens with one attached hydrogen (secondary N) is 1. The molecule has 8 nitrogen and oxygen atoms in total. The van der Waals surface area contributed by atoms with E-state index in [0.717, 1.165) is 24.9 Å². The summed E-state index contributed by atoms with van der Waals surface area (Å²) in [6.07, 6.45) is 7.11. The van der Waals surface area contributed by atoms with Gasteiger partial charge >= 0.3 is 6.03 Å². The number of rotatable bonds is 4. The molecule has 1 atom stereocenters. The highest BCUT2D eigenvalue weighted by atomic mass is 16.5. The number of hydrogen-bond donors (Lipinski definition) is 1. The van der Waals surface area contributed by atoms with Crippen molar-refractivity contribution in [2.24, 2.45) is 7.05 Å². The van der Waals surface area contributed by atoms with Gasteiger partial charge in [-0.05, 0) is 24.5 Å². The highest BCUT2D eigenvalue weighted by Crippen LogP contribution is 2.16. The second-order valence-electron chi connectivity index (χ2n) is 5.59. The topological polar surface area (TPSA) is 85.2 Å². The highest BCUT2D eigenvalue weighted by molar-refractivity contribution is 5.88. The van der Waals surface area contributed by atoms with Crippen LogP contribution >= 0.6 is 0 Å². The Morgan fingerprint density at radius 2 is 2.43 bits per heavy atom. The lowest BCUT2D eigenvalue weighted by molar-refractivity contribution is 0.000908. The molecule has 1 fully saturated rings. The maximum absolute atomic E-state index is 12.3. The number of ether oxygens (including phenoxy) is 1. The van der Waals surface area contributed by atoms with Gasteiger partial charge in [-0.15, -0.1) is 5.10 Å². The number of anilines is 1. The number of aryl methyl sites for hydroxylation is 1. The third-order valence-corrected chi connectivity index (χ3v) is 3.71. The van der Waals surface area contributed by atoms with Gasteiger partial charge in [0.15, 0.2) is 5.82 Å². The van der Waals surface area contributed by atoms with E-state index < -0.39 is 0 Å². The van der Waals surface area contributed by atoms with Gasteiger partial charge in [0, 0.05) is 32.5 Å². The standard InChI is InChI=1S/C15H20N6O2/c1-20-10-14(18-19-20)17-15(22)21-7-3-5-13(9-21)23-11-12-4-2-6-16-8-12/h2,4,6,8,10,13H,3,5,7,9,11H2,1H3,(H,17,22). The Labute approximate surface area is 134 Å². The Kier molecular flexibility index (Phi) is 4.82. The Hall–Kier alpha value is -2.48. The molecule has 0 aromatic carbocycles. The van der Waals surface area contributed by atoms with Crippen molar-refractivity contribution in [1.29, 1.82) is 0 Å². The number of amides is 2. The molecular weight excluding hydrogens is 296 g/mol. The molecule has 0 bridgehead atoms. The van der Waals surface area contributed by atoms with Crippen LogP contribution in [0.25, 0.3) is 0 Å². The van der Waals surface area contributed by atoms with Crippen molar-refractivity contribution in [3.8, 4) is 0 Å². The number of hydrogen-bond acceptors (Lipinski definition) is 5. The molecular formula is C15H20N6O2. The second kappa shape index (κ2) is 7.19. The fourth-order valence-electron chi connectivity index (χ4n) is 2.55.